The van der Waals surface area contributed by atoms with E-state index in [-0.39, 0.29) is 35.6 Å². The van der Waals surface area contributed by atoms with Crippen LogP contribution in [0.15, 0.2) is 45.9 Å². The maximum atomic E-state index is 13.8. The van der Waals surface area contributed by atoms with Crippen molar-refractivity contribution in [1.29, 1.82) is 0 Å². The van der Waals surface area contributed by atoms with Crippen LogP contribution in [-0.2, 0) is 20.8 Å². The molecule has 0 bridgehead atoms. The number of oxazole rings is 1. The van der Waals surface area contributed by atoms with Crippen molar-refractivity contribution in [1.82, 2.24) is 9.88 Å². The molecule has 0 radical (unpaired) electrons. The smallest absolute Gasteiger partial charge is 0.255 e. The van der Waals surface area contributed by atoms with Gasteiger partial charge in [0.2, 0.25) is 11.7 Å². The Labute approximate surface area is 198 Å². The molecule has 4 atom stereocenters. The van der Waals surface area contributed by atoms with Gasteiger partial charge in [-0.2, -0.15) is 0 Å². The van der Waals surface area contributed by atoms with Crippen molar-refractivity contribution in [3.05, 3.63) is 52.6 Å². The highest BCUT2D eigenvalue weighted by Crippen LogP contribution is 2.53. The van der Waals surface area contributed by atoms with Gasteiger partial charge in [0.15, 0.2) is 11.4 Å². The second kappa shape index (κ2) is 7.52. The number of ketones is 2. The van der Waals surface area contributed by atoms with E-state index in [2.05, 4.69) is 4.98 Å². The van der Waals surface area contributed by atoms with E-state index in [4.69, 9.17) is 10.2 Å². The fraction of sp³-hybridized carbons (Fsp3) is 0.333. The van der Waals surface area contributed by atoms with E-state index in [1.54, 1.807) is 20.2 Å². The Morgan fingerprint density at radius 1 is 1.23 bits per heavy atom. The molecule has 0 spiro atoms. The summed E-state index contributed by atoms with van der Waals surface area (Å²) in [6.07, 6.45) is 2.99. The summed E-state index contributed by atoms with van der Waals surface area (Å²) >= 11 is 0. The van der Waals surface area contributed by atoms with Gasteiger partial charge in [0.1, 0.15) is 29.1 Å². The molecule has 6 N–H and O–H groups in total. The number of fused-ring (bicyclic) bond motifs is 3. The number of carbonyl (C=O) groups is 3. The van der Waals surface area contributed by atoms with Crippen LogP contribution in [0.25, 0.3) is 17.2 Å². The minimum Gasteiger partial charge on any atom is -0.508 e. The van der Waals surface area contributed by atoms with E-state index in [1.807, 2.05) is 0 Å². The molecule has 3 aliphatic carbocycles. The number of carbonyl (C=O) groups excluding carboxylic acids is 3. The third-order valence-electron chi connectivity index (χ3n) is 7.27. The number of phenolic OH excluding ortho intramolecular Hbond substituents is 1. The number of Topliss-reactive ketones (excluding diaryl/α,β-unsaturated/α-hetero) is 2. The van der Waals surface area contributed by atoms with Crippen LogP contribution in [0.5, 0.6) is 5.75 Å². The molecule has 1 fully saturated rings. The maximum Gasteiger partial charge on any atom is 0.255 e. The molecule has 1 heterocycles. The number of amides is 1. The molecule has 0 aliphatic heterocycles. The zero-order valence-corrected chi connectivity index (χ0v) is 18.8. The number of phenols is 1. The van der Waals surface area contributed by atoms with Crippen molar-refractivity contribution in [2.45, 2.75) is 24.5 Å². The highest BCUT2D eigenvalue weighted by Gasteiger charge is 2.64. The molecule has 2 aromatic rings. The summed E-state index contributed by atoms with van der Waals surface area (Å²) in [5, 5.41) is 44.2. The third kappa shape index (κ3) is 2.91. The van der Waals surface area contributed by atoms with Crippen LogP contribution in [-0.4, -0.2) is 73.5 Å². The van der Waals surface area contributed by atoms with Gasteiger partial charge in [-0.15, -0.1) is 0 Å². The Hall–Kier alpha value is -3.96. The van der Waals surface area contributed by atoms with Crippen LogP contribution >= 0.6 is 0 Å². The molecule has 182 valence electrons. The van der Waals surface area contributed by atoms with Crippen molar-refractivity contribution < 1.29 is 39.2 Å². The maximum absolute atomic E-state index is 13.8. The second-order valence-corrected chi connectivity index (χ2v) is 9.28. The molecule has 0 saturated heterocycles. The number of primary amides is 1. The number of likely N-dealkylation sites (N-methyl/N-ethyl adjacent to an activating group) is 1. The van der Waals surface area contributed by atoms with Gasteiger partial charge in [0.25, 0.3) is 5.91 Å². The fourth-order valence-electron chi connectivity index (χ4n) is 5.80. The lowest BCUT2D eigenvalue weighted by Crippen LogP contribution is -2.65. The SMILES string of the molecule is CN(C)[C@@H]1C(=O)C(C(N)=O)=C(O)[C@@]2(O)C(=O)C3=C(O)c4c(O)ccc(-c5ncco5)c4C[C@H]3C[C@@H]12. The van der Waals surface area contributed by atoms with Crippen LogP contribution in [0.1, 0.15) is 17.5 Å². The van der Waals surface area contributed by atoms with Crippen LogP contribution in [0.3, 0.4) is 0 Å². The summed E-state index contributed by atoms with van der Waals surface area (Å²) in [7, 11) is 3.10. The zero-order valence-electron chi connectivity index (χ0n) is 18.8. The van der Waals surface area contributed by atoms with Crippen LogP contribution in [0, 0.1) is 11.8 Å². The Balaban J connectivity index is 1.75. The summed E-state index contributed by atoms with van der Waals surface area (Å²) in [6.45, 7) is 0. The molecule has 1 amide bonds. The van der Waals surface area contributed by atoms with Crippen molar-refractivity contribution in [2.75, 3.05) is 14.1 Å². The first kappa shape index (κ1) is 22.8. The quantitative estimate of drug-likeness (QED) is 0.389. The number of nitrogens with zero attached hydrogens (tertiary/aromatic N) is 2. The molecule has 1 saturated carbocycles. The van der Waals surface area contributed by atoms with Gasteiger partial charge in [-0.1, -0.05) is 0 Å². The lowest BCUT2D eigenvalue weighted by molar-refractivity contribution is -0.153. The standard InChI is InChI=1S/C24H23N3O8/c1-27(2)17-12-8-9-7-11-10(23-26-5-6-35-23)3-4-13(28)15(11)18(29)14(9)20(31)24(12,34)21(32)16(19(17)30)22(25)33/h3-6,9,12,17,28-29,32,34H,7-8H2,1-2H3,(H2,25,33)/t9-,12-,17-,24-/m0/s1. The Kier molecular flexibility index (Phi) is 4.90. The first-order valence-corrected chi connectivity index (χ1v) is 10.9. The van der Waals surface area contributed by atoms with Gasteiger partial charge >= 0.3 is 0 Å². The lowest BCUT2D eigenvalue weighted by Gasteiger charge is -2.50. The van der Waals surface area contributed by atoms with Crippen molar-refractivity contribution in [3.63, 3.8) is 0 Å². The molecule has 5 rings (SSSR count). The molecule has 0 unspecified atom stereocenters. The van der Waals surface area contributed by atoms with Crippen molar-refractivity contribution in [3.8, 4) is 17.2 Å². The third-order valence-corrected chi connectivity index (χ3v) is 7.27. The molecular weight excluding hydrogens is 458 g/mol. The number of hydrogen-bond acceptors (Lipinski definition) is 10. The zero-order chi connectivity index (χ0) is 25.4. The molecule has 11 heteroatoms. The van der Waals surface area contributed by atoms with E-state index < -0.39 is 58.0 Å². The largest absolute Gasteiger partial charge is 0.508 e. The minimum absolute atomic E-state index is 0.00639. The number of hydrogen-bond donors (Lipinski definition) is 5. The van der Waals surface area contributed by atoms with Crippen molar-refractivity contribution in [2.24, 2.45) is 17.6 Å². The van der Waals surface area contributed by atoms with Gasteiger partial charge in [-0.05, 0) is 50.6 Å². The van der Waals surface area contributed by atoms with Gasteiger partial charge < -0.3 is 30.6 Å². The van der Waals surface area contributed by atoms with E-state index in [0.717, 1.165) is 0 Å². The topological polar surface area (TPSA) is 187 Å². The Morgan fingerprint density at radius 3 is 2.54 bits per heavy atom. The predicted molar refractivity (Wildman–Crippen MR) is 120 cm³/mol. The van der Waals surface area contributed by atoms with E-state index in [9.17, 15) is 34.8 Å². The van der Waals surface area contributed by atoms with Gasteiger partial charge in [-0.25, -0.2) is 4.98 Å². The summed E-state index contributed by atoms with van der Waals surface area (Å²) in [4.78, 5) is 44.5. The summed E-state index contributed by atoms with van der Waals surface area (Å²) in [5.41, 5.74) is 2.56. The van der Waals surface area contributed by atoms with Crippen LogP contribution < -0.4 is 5.73 Å². The first-order chi connectivity index (χ1) is 16.5. The number of aromatic nitrogens is 1. The average Bonchev–Trinajstić information content (AvgIpc) is 3.30. The average molecular weight is 481 g/mol. The number of benzene rings is 1. The molecule has 1 aromatic carbocycles. The number of aliphatic hydroxyl groups excluding tert-OH is 2. The summed E-state index contributed by atoms with van der Waals surface area (Å²) < 4.78 is 5.40. The van der Waals surface area contributed by atoms with E-state index in [1.165, 1.54) is 23.4 Å². The molecular formula is C24H23N3O8. The molecule has 35 heavy (non-hydrogen) atoms. The van der Waals surface area contributed by atoms with Gasteiger partial charge in [0.05, 0.1) is 17.8 Å². The Morgan fingerprint density at radius 2 is 1.94 bits per heavy atom. The van der Waals surface area contributed by atoms with E-state index in [0.29, 0.717) is 11.1 Å². The predicted octanol–water partition coefficient (Wildman–Crippen LogP) is 0.619. The van der Waals surface area contributed by atoms with Crippen molar-refractivity contribution >= 4 is 23.2 Å². The summed E-state index contributed by atoms with van der Waals surface area (Å²) in [5.74, 6) is -6.67. The number of nitrogens with two attached hydrogens (primary N) is 1. The highest BCUT2D eigenvalue weighted by molar-refractivity contribution is 6.24. The van der Waals surface area contributed by atoms with E-state index >= 15 is 0 Å². The Bertz CT molecular complexity index is 1360. The summed E-state index contributed by atoms with van der Waals surface area (Å²) in [6, 6.07) is 1.77. The van der Waals surface area contributed by atoms with Gasteiger partial charge in [-0.3, -0.25) is 19.3 Å². The number of rotatable bonds is 3. The number of aromatic hydroxyl groups is 1. The van der Waals surface area contributed by atoms with Gasteiger partial charge in [0, 0.05) is 17.1 Å². The lowest BCUT2D eigenvalue weighted by atomic mass is 9.57. The molecule has 11 nitrogen and oxygen atoms in total. The fourth-order valence-corrected chi connectivity index (χ4v) is 5.80. The van der Waals surface area contributed by atoms with Crippen LogP contribution in [0.2, 0.25) is 0 Å². The number of aliphatic hydroxyl groups is 3. The first-order valence-electron chi connectivity index (χ1n) is 10.9. The minimum atomic E-state index is -2.67. The highest BCUT2D eigenvalue weighted by atomic mass is 16.4. The monoisotopic (exact) mass is 481 g/mol. The molecule has 1 aromatic heterocycles. The van der Waals surface area contributed by atoms with Crippen LogP contribution in [0.4, 0.5) is 0 Å². The second-order valence-electron chi connectivity index (χ2n) is 9.28. The molecule has 3 aliphatic rings. The normalized spacial score (nSPS) is 28.2.